The standard InChI is InChI=1S/C15H17F3N2O3/c16-15(17,18)13-2-1-10(7-19-13)14(22)20-3-4-23-12-6-9(8-21)5-11(12)20/h1-2,7,9,11-12,21H,3-6,8H2/t9-,11+,12?/m1/s1. The van der Waals surface area contributed by atoms with Crippen LogP contribution in [0, 0.1) is 5.92 Å². The average Bonchev–Trinajstić information content (AvgIpc) is 2.96. The van der Waals surface area contributed by atoms with Gasteiger partial charge in [-0.05, 0) is 30.9 Å². The van der Waals surface area contributed by atoms with Gasteiger partial charge in [0.15, 0.2) is 0 Å². The Kier molecular flexibility index (Phi) is 4.29. The fraction of sp³-hybridized carbons (Fsp3) is 0.600. The summed E-state index contributed by atoms with van der Waals surface area (Å²) >= 11 is 0. The third-order valence-corrected chi connectivity index (χ3v) is 4.45. The lowest BCUT2D eigenvalue weighted by Gasteiger charge is -2.37. The molecule has 3 atom stereocenters. The van der Waals surface area contributed by atoms with Crippen LogP contribution in [0.2, 0.25) is 0 Å². The number of nitrogens with zero attached hydrogens (tertiary/aromatic N) is 2. The Bertz CT molecular complexity index is 576. The number of carbonyl (C=O) groups excluding carboxylic acids is 1. The second-order valence-electron chi connectivity index (χ2n) is 5.93. The normalized spacial score (nSPS) is 27.8. The summed E-state index contributed by atoms with van der Waals surface area (Å²) in [5, 5.41) is 9.29. The average molecular weight is 330 g/mol. The number of fused-ring (bicyclic) bond motifs is 1. The molecule has 0 aromatic carbocycles. The van der Waals surface area contributed by atoms with Crippen LogP contribution in [0.1, 0.15) is 28.9 Å². The zero-order valence-corrected chi connectivity index (χ0v) is 12.3. The number of amides is 1. The molecule has 5 nitrogen and oxygen atoms in total. The van der Waals surface area contributed by atoms with Crippen LogP contribution in [0.5, 0.6) is 0 Å². The summed E-state index contributed by atoms with van der Waals surface area (Å²) in [6.45, 7) is 0.818. The molecule has 126 valence electrons. The number of morpholine rings is 1. The van der Waals surface area contributed by atoms with Crippen molar-refractivity contribution in [2.24, 2.45) is 5.92 Å². The van der Waals surface area contributed by atoms with E-state index in [1.165, 1.54) is 0 Å². The minimum atomic E-state index is -4.52. The van der Waals surface area contributed by atoms with E-state index in [9.17, 15) is 23.1 Å². The molecule has 23 heavy (non-hydrogen) atoms. The Hall–Kier alpha value is -1.67. The van der Waals surface area contributed by atoms with Gasteiger partial charge < -0.3 is 14.7 Å². The Morgan fingerprint density at radius 1 is 1.39 bits per heavy atom. The van der Waals surface area contributed by atoms with Gasteiger partial charge in [-0.3, -0.25) is 9.78 Å². The molecule has 1 amide bonds. The van der Waals surface area contributed by atoms with Crippen molar-refractivity contribution in [1.29, 1.82) is 0 Å². The molecule has 2 fully saturated rings. The van der Waals surface area contributed by atoms with Gasteiger partial charge in [-0.15, -0.1) is 0 Å². The van der Waals surface area contributed by atoms with Gasteiger partial charge in [-0.1, -0.05) is 0 Å². The molecule has 1 aliphatic heterocycles. The summed E-state index contributed by atoms with van der Waals surface area (Å²) in [5.41, 5.74) is -0.888. The van der Waals surface area contributed by atoms with Crippen molar-refractivity contribution in [2.45, 2.75) is 31.2 Å². The minimum absolute atomic E-state index is 0.0419. The number of pyridine rings is 1. The number of rotatable bonds is 2. The maximum absolute atomic E-state index is 12.6. The summed E-state index contributed by atoms with van der Waals surface area (Å²) < 4.78 is 43.3. The van der Waals surface area contributed by atoms with Crippen LogP contribution in [0.3, 0.4) is 0 Å². The number of hydrogen-bond acceptors (Lipinski definition) is 4. The number of aliphatic hydroxyl groups is 1. The predicted octanol–water partition coefficient (Wildman–Crippen LogP) is 1.71. The molecule has 1 aromatic heterocycles. The molecule has 1 saturated carbocycles. The van der Waals surface area contributed by atoms with Crippen LogP contribution in [0.15, 0.2) is 18.3 Å². The molecular weight excluding hydrogens is 313 g/mol. The highest BCUT2D eigenvalue weighted by atomic mass is 19.4. The van der Waals surface area contributed by atoms with Crippen molar-refractivity contribution in [1.82, 2.24) is 9.88 Å². The summed E-state index contributed by atoms with van der Waals surface area (Å²) in [4.78, 5) is 17.6. The third kappa shape index (κ3) is 3.18. The van der Waals surface area contributed by atoms with Gasteiger partial charge in [0.25, 0.3) is 5.91 Å². The molecule has 2 heterocycles. The van der Waals surface area contributed by atoms with E-state index in [4.69, 9.17) is 4.74 Å². The minimum Gasteiger partial charge on any atom is -0.396 e. The first-order chi connectivity index (χ1) is 10.9. The van der Waals surface area contributed by atoms with Gasteiger partial charge in [-0.2, -0.15) is 13.2 Å². The van der Waals surface area contributed by atoms with Crippen molar-refractivity contribution in [3.8, 4) is 0 Å². The number of ether oxygens (including phenoxy) is 1. The molecule has 1 saturated heterocycles. The lowest BCUT2D eigenvalue weighted by molar-refractivity contribution is -0.141. The van der Waals surface area contributed by atoms with Gasteiger partial charge in [0, 0.05) is 19.3 Å². The fourth-order valence-electron chi connectivity index (χ4n) is 3.31. The Balaban J connectivity index is 1.77. The maximum Gasteiger partial charge on any atom is 0.433 e. The quantitative estimate of drug-likeness (QED) is 0.897. The second-order valence-corrected chi connectivity index (χ2v) is 5.93. The van der Waals surface area contributed by atoms with E-state index in [0.29, 0.717) is 26.0 Å². The van der Waals surface area contributed by atoms with Crippen LogP contribution in [0.25, 0.3) is 0 Å². The molecular formula is C15H17F3N2O3. The van der Waals surface area contributed by atoms with Crippen molar-refractivity contribution < 1.29 is 27.8 Å². The summed E-state index contributed by atoms with van der Waals surface area (Å²) in [6.07, 6.45) is -2.34. The zero-order chi connectivity index (χ0) is 16.6. The number of aromatic nitrogens is 1. The first-order valence-corrected chi connectivity index (χ1v) is 7.47. The van der Waals surface area contributed by atoms with Gasteiger partial charge in [0.05, 0.1) is 24.3 Å². The van der Waals surface area contributed by atoms with Crippen LogP contribution in [-0.2, 0) is 10.9 Å². The van der Waals surface area contributed by atoms with Crippen molar-refractivity contribution in [2.75, 3.05) is 19.8 Å². The molecule has 0 bridgehead atoms. The fourth-order valence-corrected chi connectivity index (χ4v) is 3.31. The monoisotopic (exact) mass is 330 g/mol. The largest absolute Gasteiger partial charge is 0.433 e. The summed E-state index contributed by atoms with van der Waals surface area (Å²) in [5.74, 6) is -0.257. The molecule has 3 rings (SSSR count). The van der Waals surface area contributed by atoms with E-state index >= 15 is 0 Å². The molecule has 1 N–H and O–H groups in total. The number of aliphatic hydroxyl groups excluding tert-OH is 1. The molecule has 1 aliphatic carbocycles. The number of hydrogen-bond donors (Lipinski definition) is 1. The molecule has 8 heteroatoms. The van der Waals surface area contributed by atoms with Crippen LogP contribution in [-0.4, -0.2) is 52.8 Å². The summed E-state index contributed by atoms with van der Waals surface area (Å²) in [7, 11) is 0. The van der Waals surface area contributed by atoms with E-state index in [-0.39, 0.29) is 36.1 Å². The highest BCUT2D eigenvalue weighted by Crippen LogP contribution is 2.35. The Morgan fingerprint density at radius 3 is 2.78 bits per heavy atom. The highest BCUT2D eigenvalue weighted by Gasteiger charge is 2.43. The van der Waals surface area contributed by atoms with Gasteiger partial charge in [0.2, 0.25) is 0 Å². The van der Waals surface area contributed by atoms with E-state index in [2.05, 4.69) is 4.98 Å². The molecule has 0 radical (unpaired) electrons. The van der Waals surface area contributed by atoms with E-state index in [1.807, 2.05) is 0 Å². The Morgan fingerprint density at radius 2 is 2.17 bits per heavy atom. The lowest BCUT2D eigenvalue weighted by Crippen LogP contribution is -2.51. The predicted molar refractivity (Wildman–Crippen MR) is 73.6 cm³/mol. The van der Waals surface area contributed by atoms with E-state index in [0.717, 1.165) is 18.3 Å². The lowest BCUT2D eigenvalue weighted by atomic mass is 10.1. The number of alkyl halides is 3. The van der Waals surface area contributed by atoms with Gasteiger partial charge >= 0.3 is 6.18 Å². The molecule has 1 aromatic rings. The van der Waals surface area contributed by atoms with E-state index in [1.54, 1.807) is 4.90 Å². The smallest absolute Gasteiger partial charge is 0.396 e. The zero-order valence-electron chi connectivity index (χ0n) is 12.3. The first kappa shape index (κ1) is 16.2. The van der Waals surface area contributed by atoms with Crippen LogP contribution < -0.4 is 0 Å². The van der Waals surface area contributed by atoms with Crippen LogP contribution in [0.4, 0.5) is 13.2 Å². The third-order valence-electron chi connectivity index (χ3n) is 4.45. The van der Waals surface area contributed by atoms with Crippen LogP contribution >= 0.6 is 0 Å². The highest BCUT2D eigenvalue weighted by molar-refractivity contribution is 5.94. The summed E-state index contributed by atoms with van der Waals surface area (Å²) in [6, 6.07) is 1.83. The van der Waals surface area contributed by atoms with E-state index < -0.39 is 11.9 Å². The molecule has 0 spiro atoms. The number of halogens is 3. The first-order valence-electron chi connectivity index (χ1n) is 7.47. The van der Waals surface area contributed by atoms with Crippen molar-refractivity contribution in [3.05, 3.63) is 29.6 Å². The van der Waals surface area contributed by atoms with Crippen molar-refractivity contribution >= 4 is 5.91 Å². The SMILES string of the molecule is O=C(c1ccc(C(F)(F)F)nc1)N1CCOC2C[C@H](CO)C[C@@H]21. The Labute approximate surface area is 131 Å². The molecule has 2 aliphatic rings. The second kappa shape index (κ2) is 6.09. The molecule has 1 unspecified atom stereocenters. The topological polar surface area (TPSA) is 62.7 Å². The van der Waals surface area contributed by atoms with Crippen molar-refractivity contribution in [3.63, 3.8) is 0 Å². The maximum atomic E-state index is 12.6. The van der Waals surface area contributed by atoms with Gasteiger partial charge in [0.1, 0.15) is 5.69 Å². The van der Waals surface area contributed by atoms with Gasteiger partial charge in [-0.25, -0.2) is 0 Å². The number of carbonyl (C=O) groups is 1.